The smallest absolute Gasteiger partial charge is 0.410 e. The van der Waals surface area contributed by atoms with Gasteiger partial charge in [0.2, 0.25) is 0 Å². The van der Waals surface area contributed by atoms with Crippen molar-refractivity contribution in [2.45, 2.75) is 59.2 Å². The van der Waals surface area contributed by atoms with Crippen LogP contribution in [0.3, 0.4) is 0 Å². The van der Waals surface area contributed by atoms with Gasteiger partial charge in [-0.3, -0.25) is 4.90 Å². The predicted molar refractivity (Wildman–Crippen MR) is 75.9 cm³/mol. The molecule has 2 rings (SSSR count). The van der Waals surface area contributed by atoms with Crippen LogP contribution in [0.5, 0.6) is 0 Å². The molecular formula is C16H23NO2. The highest BCUT2D eigenvalue weighted by Crippen LogP contribution is 2.26. The lowest BCUT2D eigenvalue weighted by Crippen LogP contribution is -2.33. The van der Waals surface area contributed by atoms with E-state index in [1.165, 1.54) is 16.7 Å². The first-order valence-electron chi connectivity index (χ1n) is 6.97. The van der Waals surface area contributed by atoms with Crippen molar-refractivity contribution in [1.29, 1.82) is 0 Å². The van der Waals surface area contributed by atoms with Crippen LogP contribution in [0.2, 0.25) is 0 Å². The number of hydrogen-bond acceptors (Lipinski definition) is 2. The van der Waals surface area contributed by atoms with Gasteiger partial charge in [0.1, 0.15) is 5.60 Å². The molecule has 3 heteroatoms. The first-order valence-corrected chi connectivity index (χ1v) is 6.97. The molecule has 0 aromatic heterocycles. The van der Waals surface area contributed by atoms with Crippen molar-refractivity contribution in [1.82, 2.24) is 4.90 Å². The highest BCUT2D eigenvalue weighted by molar-refractivity contribution is 5.69. The Labute approximate surface area is 115 Å². The largest absolute Gasteiger partial charge is 0.444 e. The highest BCUT2D eigenvalue weighted by atomic mass is 16.6. The van der Waals surface area contributed by atoms with Gasteiger partial charge in [-0.25, -0.2) is 4.79 Å². The second-order valence-corrected chi connectivity index (χ2v) is 6.19. The Morgan fingerprint density at radius 1 is 1.26 bits per heavy atom. The van der Waals surface area contributed by atoms with Crippen molar-refractivity contribution in [2.24, 2.45) is 0 Å². The Kier molecular flexibility index (Phi) is 3.83. The van der Waals surface area contributed by atoms with Gasteiger partial charge < -0.3 is 4.74 Å². The standard InChI is InChI=1S/C16H23NO2/c1-5-6-12-7-8-13-10-17(11-14(13)9-12)15(18)19-16(2,3)4/h7-9H,5-6,10-11H2,1-4H3. The predicted octanol–water partition coefficient (Wildman–Crippen LogP) is 3.89. The normalized spacial score (nSPS) is 14.4. The Morgan fingerprint density at radius 2 is 1.95 bits per heavy atom. The van der Waals surface area contributed by atoms with E-state index >= 15 is 0 Å². The fourth-order valence-electron chi connectivity index (χ4n) is 2.35. The minimum Gasteiger partial charge on any atom is -0.444 e. The average molecular weight is 261 g/mol. The van der Waals surface area contributed by atoms with E-state index in [0.717, 1.165) is 12.8 Å². The fraction of sp³-hybridized carbons (Fsp3) is 0.562. The molecule has 3 nitrogen and oxygen atoms in total. The summed E-state index contributed by atoms with van der Waals surface area (Å²) in [5, 5.41) is 0. The molecule has 104 valence electrons. The monoisotopic (exact) mass is 261 g/mol. The molecule has 1 heterocycles. The molecule has 1 aromatic carbocycles. The summed E-state index contributed by atoms with van der Waals surface area (Å²) >= 11 is 0. The summed E-state index contributed by atoms with van der Waals surface area (Å²) in [6, 6.07) is 6.54. The van der Waals surface area contributed by atoms with Crippen molar-refractivity contribution >= 4 is 6.09 Å². The molecule has 0 bridgehead atoms. The van der Waals surface area contributed by atoms with Gasteiger partial charge in [0.25, 0.3) is 0 Å². The van der Waals surface area contributed by atoms with Crippen LogP contribution < -0.4 is 0 Å². The maximum Gasteiger partial charge on any atom is 0.410 e. The molecule has 1 amide bonds. The summed E-state index contributed by atoms with van der Waals surface area (Å²) < 4.78 is 5.42. The van der Waals surface area contributed by atoms with Crippen LogP contribution in [-0.4, -0.2) is 16.6 Å². The topological polar surface area (TPSA) is 29.5 Å². The zero-order valence-corrected chi connectivity index (χ0v) is 12.3. The molecule has 0 atom stereocenters. The number of carbonyl (C=O) groups is 1. The molecule has 0 aliphatic carbocycles. The number of nitrogens with zero attached hydrogens (tertiary/aromatic N) is 1. The van der Waals surface area contributed by atoms with E-state index in [2.05, 4.69) is 25.1 Å². The van der Waals surface area contributed by atoms with Crippen LogP contribution in [0.25, 0.3) is 0 Å². The molecule has 0 fully saturated rings. The number of rotatable bonds is 2. The number of amides is 1. The third kappa shape index (κ3) is 3.49. The molecule has 0 N–H and O–H groups in total. The lowest BCUT2D eigenvalue weighted by atomic mass is 10.0. The fourth-order valence-corrected chi connectivity index (χ4v) is 2.35. The lowest BCUT2D eigenvalue weighted by molar-refractivity contribution is 0.0242. The number of ether oxygens (including phenoxy) is 1. The van der Waals surface area contributed by atoms with E-state index in [-0.39, 0.29) is 6.09 Å². The van der Waals surface area contributed by atoms with E-state index in [4.69, 9.17) is 4.74 Å². The Bertz CT molecular complexity index is 474. The van der Waals surface area contributed by atoms with Crippen LogP contribution >= 0.6 is 0 Å². The van der Waals surface area contributed by atoms with Gasteiger partial charge in [-0.2, -0.15) is 0 Å². The van der Waals surface area contributed by atoms with E-state index in [1.54, 1.807) is 4.90 Å². The molecule has 0 saturated carbocycles. The summed E-state index contributed by atoms with van der Waals surface area (Å²) in [6.07, 6.45) is 2.02. The number of aryl methyl sites for hydroxylation is 1. The molecule has 0 unspecified atom stereocenters. The molecular weight excluding hydrogens is 238 g/mol. The van der Waals surface area contributed by atoms with Crippen LogP contribution in [0, 0.1) is 0 Å². The van der Waals surface area contributed by atoms with Crippen molar-refractivity contribution in [3.05, 3.63) is 34.9 Å². The highest BCUT2D eigenvalue weighted by Gasteiger charge is 2.27. The molecule has 0 spiro atoms. The maximum atomic E-state index is 12.0. The number of fused-ring (bicyclic) bond motifs is 1. The number of carbonyl (C=O) groups excluding carboxylic acids is 1. The summed E-state index contributed by atoms with van der Waals surface area (Å²) in [6.45, 7) is 9.20. The number of hydrogen-bond donors (Lipinski definition) is 0. The van der Waals surface area contributed by atoms with E-state index in [0.29, 0.717) is 13.1 Å². The molecule has 1 aromatic rings. The zero-order valence-electron chi connectivity index (χ0n) is 12.3. The quantitative estimate of drug-likeness (QED) is 0.808. The van der Waals surface area contributed by atoms with Crippen molar-refractivity contribution in [2.75, 3.05) is 0 Å². The maximum absolute atomic E-state index is 12.0. The molecule has 0 saturated heterocycles. The SMILES string of the molecule is CCCc1ccc2c(c1)CN(C(=O)OC(C)(C)C)C2. The van der Waals surface area contributed by atoms with Gasteiger partial charge in [-0.1, -0.05) is 31.5 Å². The summed E-state index contributed by atoms with van der Waals surface area (Å²) in [5.74, 6) is 0. The minimum atomic E-state index is -0.431. The van der Waals surface area contributed by atoms with Gasteiger partial charge in [0.15, 0.2) is 0 Å². The molecule has 0 radical (unpaired) electrons. The minimum absolute atomic E-state index is 0.222. The van der Waals surface area contributed by atoms with Gasteiger partial charge in [0, 0.05) is 13.1 Å². The summed E-state index contributed by atoms with van der Waals surface area (Å²) in [4.78, 5) is 13.8. The summed E-state index contributed by atoms with van der Waals surface area (Å²) in [5.41, 5.74) is 3.42. The molecule has 19 heavy (non-hydrogen) atoms. The Balaban J connectivity index is 2.05. The molecule has 1 aliphatic rings. The first kappa shape index (κ1) is 13.9. The van der Waals surface area contributed by atoms with Gasteiger partial charge >= 0.3 is 6.09 Å². The first-order chi connectivity index (χ1) is 8.89. The van der Waals surface area contributed by atoms with Gasteiger partial charge in [0.05, 0.1) is 0 Å². The summed E-state index contributed by atoms with van der Waals surface area (Å²) in [7, 11) is 0. The van der Waals surface area contributed by atoms with Crippen LogP contribution in [-0.2, 0) is 24.2 Å². The number of benzene rings is 1. The lowest BCUT2D eigenvalue weighted by Gasteiger charge is -2.24. The Hall–Kier alpha value is -1.51. The Morgan fingerprint density at radius 3 is 2.58 bits per heavy atom. The van der Waals surface area contributed by atoms with E-state index in [1.807, 2.05) is 20.8 Å². The van der Waals surface area contributed by atoms with Crippen molar-refractivity contribution in [3.63, 3.8) is 0 Å². The third-order valence-electron chi connectivity index (χ3n) is 3.18. The van der Waals surface area contributed by atoms with E-state index in [9.17, 15) is 4.79 Å². The molecule has 1 aliphatic heterocycles. The zero-order chi connectivity index (χ0) is 14.0. The third-order valence-corrected chi connectivity index (χ3v) is 3.18. The van der Waals surface area contributed by atoms with Crippen LogP contribution in [0.1, 0.15) is 50.8 Å². The second kappa shape index (κ2) is 5.24. The van der Waals surface area contributed by atoms with Crippen molar-refractivity contribution < 1.29 is 9.53 Å². The van der Waals surface area contributed by atoms with E-state index < -0.39 is 5.60 Å². The van der Waals surface area contributed by atoms with Crippen LogP contribution in [0.15, 0.2) is 18.2 Å². The average Bonchev–Trinajstić information content (AvgIpc) is 2.70. The second-order valence-electron chi connectivity index (χ2n) is 6.19. The van der Waals surface area contributed by atoms with Gasteiger partial charge in [-0.05, 0) is 43.9 Å². The van der Waals surface area contributed by atoms with Crippen molar-refractivity contribution in [3.8, 4) is 0 Å². The van der Waals surface area contributed by atoms with Crippen LogP contribution in [0.4, 0.5) is 4.79 Å². The van der Waals surface area contributed by atoms with Gasteiger partial charge in [-0.15, -0.1) is 0 Å².